The number of carbonyl (C=O) groups is 1. The average Bonchev–Trinajstić information content (AvgIpc) is 2.83. The highest BCUT2D eigenvalue weighted by Crippen LogP contribution is 2.34. The molecule has 18 heavy (non-hydrogen) atoms. The van der Waals surface area contributed by atoms with Gasteiger partial charge in [0.2, 0.25) is 6.79 Å². The van der Waals surface area contributed by atoms with E-state index in [2.05, 4.69) is 6.92 Å². The Labute approximate surface area is 107 Å². The van der Waals surface area contributed by atoms with Crippen LogP contribution in [0.5, 0.6) is 11.5 Å². The molecule has 2 rings (SSSR count). The summed E-state index contributed by atoms with van der Waals surface area (Å²) in [6.45, 7) is 4.17. The van der Waals surface area contributed by atoms with Gasteiger partial charge >= 0.3 is 5.97 Å². The second kappa shape index (κ2) is 5.76. The average molecular weight is 250 g/mol. The molecule has 1 atom stereocenters. The number of unbranched alkanes of at least 4 members (excludes halogenated alkanes) is 1. The second-order valence-electron chi connectivity index (χ2n) is 4.35. The van der Waals surface area contributed by atoms with Crippen LogP contribution in [0.1, 0.15) is 44.8 Å². The molecule has 1 aromatic carbocycles. The number of benzene rings is 1. The van der Waals surface area contributed by atoms with Crippen LogP contribution in [0, 0.1) is 0 Å². The van der Waals surface area contributed by atoms with E-state index in [1.54, 1.807) is 0 Å². The quantitative estimate of drug-likeness (QED) is 0.753. The highest BCUT2D eigenvalue weighted by molar-refractivity contribution is 5.69. The highest BCUT2D eigenvalue weighted by Gasteiger charge is 2.17. The maximum absolute atomic E-state index is 11.5. The van der Waals surface area contributed by atoms with Crippen LogP contribution in [-0.2, 0) is 9.53 Å². The number of rotatable bonds is 5. The molecule has 0 aromatic heterocycles. The number of esters is 1. The smallest absolute Gasteiger partial charge is 0.306 e. The minimum absolute atomic E-state index is 0.151. The van der Waals surface area contributed by atoms with Crippen molar-refractivity contribution in [2.75, 3.05) is 6.79 Å². The molecule has 0 saturated carbocycles. The summed E-state index contributed by atoms with van der Waals surface area (Å²) in [5, 5.41) is 0. The Morgan fingerprint density at radius 1 is 1.39 bits per heavy atom. The number of fused-ring (bicyclic) bond motifs is 1. The van der Waals surface area contributed by atoms with Crippen LogP contribution in [0.3, 0.4) is 0 Å². The standard InChI is InChI=1S/C14H18O4/c1-3-4-5-14(15)18-10(2)11-6-7-12-13(8-11)17-9-16-12/h6-8,10H,3-5,9H2,1-2H3/t10-/m1/s1. The van der Waals surface area contributed by atoms with Gasteiger partial charge in [-0.2, -0.15) is 0 Å². The topological polar surface area (TPSA) is 44.8 Å². The lowest BCUT2D eigenvalue weighted by atomic mass is 10.1. The number of carbonyl (C=O) groups excluding carboxylic acids is 1. The fourth-order valence-corrected chi connectivity index (χ4v) is 1.81. The Balaban J connectivity index is 1.96. The molecule has 1 aliphatic heterocycles. The number of ether oxygens (including phenoxy) is 3. The maximum Gasteiger partial charge on any atom is 0.306 e. The Morgan fingerprint density at radius 3 is 2.94 bits per heavy atom. The molecule has 1 aliphatic rings. The molecule has 0 bridgehead atoms. The predicted molar refractivity (Wildman–Crippen MR) is 66.6 cm³/mol. The van der Waals surface area contributed by atoms with Crippen LogP contribution in [-0.4, -0.2) is 12.8 Å². The van der Waals surface area contributed by atoms with Crippen molar-refractivity contribution < 1.29 is 19.0 Å². The first-order chi connectivity index (χ1) is 8.70. The van der Waals surface area contributed by atoms with Gasteiger partial charge in [0.1, 0.15) is 6.10 Å². The summed E-state index contributed by atoms with van der Waals surface area (Å²) in [5.41, 5.74) is 0.920. The van der Waals surface area contributed by atoms with E-state index >= 15 is 0 Å². The SMILES string of the molecule is CCCCC(=O)O[C@H](C)c1ccc2c(c1)OCO2. The van der Waals surface area contributed by atoms with Crippen LogP contribution in [0.25, 0.3) is 0 Å². The van der Waals surface area contributed by atoms with E-state index in [1.165, 1.54) is 0 Å². The molecule has 0 spiro atoms. The van der Waals surface area contributed by atoms with Crippen molar-refractivity contribution in [2.24, 2.45) is 0 Å². The lowest BCUT2D eigenvalue weighted by Crippen LogP contribution is -2.08. The second-order valence-corrected chi connectivity index (χ2v) is 4.35. The van der Waals surface area contributed by atoms with Crippen molar-refractivity contribution in [2.45, 2.75) is 39.2 Å². The van der Waals surface area contributed by atoms with Gasteiger partial charge in [0.05, 0.1) is 0 Å². The summed E-state index contributed by atoms with van der Waals surface area (Å²) in [4.78, 5) is 11.5. The van der Waals surface area contributed by atoms with Gasteiger partial charge in [-0.15, -0.1) is 0 Å². The molecule has 98 valence electrons. The zero-order chi connectivity index (χ0) is 13.0. The van der Waals surface area contributed by atoms with Gasteiger partial charge in [-0.25, -0.2) is 0 Å². The lowest BCUT2D eigenvalue weighted by molar-refractivity contribution is -0.148. The third-order valence-corrected chi connectivity index (χ3v) is 2.91. The van der Waals surface area contributed by atoms with Gasteiger partial charge in [0.25, 0.3) is 0 Å². The zero-order valence-corrected chi connectivity index (χ0v) is 10.8. The Bertz CT molecular complexity index is 428. The molecule has 0 N–H and O–H groups in total. The van der Waals surface area contributed by atoms with Gasteiger partial charge in [0, 0.05) is 6.42 Å². The Hall–Kier alpha value is -1.71. The molecule has 4 nitrogen and oxygen atoms in total. The molecule has 0 unspecified atom stereocenters. The van der Waals surface area contributed by atoms with Crippen molar-refractivity contribution >= 4 is 5.97 Å². The van der Waals surface area contributed by atoms with Crippen molar-refractivity contribution in [1.29, 1.82) is 0 Å². The maximum atomic E-state index is 11.5. The number of hydrogen-bond acceptors (Lipinski definition) is 4. The largest absolute Gasteiger partial charge is 0.458 e. The first-order valence-electron chi connectivity index (χ1n) is 6.29. The fourth-order valence-electron chi connectivity index (χ4n) is 1.81. The van der Waals surface area contributed by atoms with E-state index in [4.69, 9.17) is 14.2 Å². The van der Waals surface area contributed by atoms with Gasteiger partial charge < -0.3 is 14.2 Å². The number of hydrogen-bond donors (Lipinski definition) is 0. The van der Waals surface area contributed by atoms with E-state index in [1.807, 2.05) is 25.1 Å². The third-order valence-electron chi connectivity index (χ3n) is 2.91. The summed E-state index contributed by atoms with van der Waals surface area (Å²) in [6.07, 6.45) is 2.08. The van der Waals surface area contributed by atoms with E-state index in [0.717, 1.165) is 24.2 Å². The van der Waals surface area contributed by atoms with E-state index < -0.39 is 0 Å². The minimum atomic E-state index is -0.260. The van der Waals surface area contributed by atoms with Crippen LogP contribution >= 0.6 is 0 Å². The van der Waals surface area contributed by atoms with Crippen molar-refractivity contribution in [3.8, 4) is 11.5 Å². The first-order valence-corrected chi connectivity index (χ1v) is 6.29. The zero-order valence-electron chi connectivity index (χ0n) is 10.8. The van der Waals surface area contributed by atoms with Crippen molar-refractivity contribution in [3.63, 3.8) is 0 Å². The molecule has 0 radical (unpaired) electrons. The summed E-state index contributed by atoms with van der Waals surface area (Å²) in [6, 6.07) is 5.60. The van der Waals surface area contributed by atoms with Gasteiger partial charge in [0.15, 0.2) is 11.5 Å². The highest BCUT2D eigenvalue weighted by atomic mass is 16.7. The van der Waals surface area contributed by atoms with E-state index in [-0.39, 0.29) is 18.9 Å². The minimum Gasteiger partial charge on any atom is -0.458 e. The lowest BCUT2D eigenvalue weighted by Gasteiger charge is -2.14. The third kappa shape index (κ3) is 2.94. The first kappa shape index (κ1) is 12.7. The van der Waals surface area contributed by atoms with Crippen LogP contribution in [0.4, 0.5) is 0 Å². The summed E-state index contributed by atoms with van der Waals surface area (Å²) in [7, 11) is 0. The predicted octanol–water partition coefficient (Wildman–Crippen LogP) is 3.21. The molecule has 0 fully saturated rings. The summed E-state index contributed by atoms with van der Waals surface area (Å²) < 4.78 is 15.9. The van der Waals surface area contributed by atoms with Crippen LogP contribution in [0.15, 0.2) is 18.2 Å². The fraction of sp³-hybridized carbons (Fsp3) is 0.500. The molecule has 1 aromatic rings. The van der Waals surface area contributed by atoms with Gasteiger partial charge in [-0.3, -0.25) is 4.79 Å². The molecule has 0 amide bonds. The van der Waals surface area contributed by atoms with E-state index in [9.17, 15) is 4.79 Å². The summed E-state index contributed by atoms with van der Waals surface area (Å²) >= 11 is 0. The van der Waals surface area contributed by atoms with Gasteiger partial charge in [-0.1, -0.05) is 19.4 Å². The molecule has 0 aliphatic carbocycles. The Kier molecular flexibility index (Phi) is 4.07. The molecule has 1 heterocycles. The molecular formula is C14H18O4. The van der Waals surface area contributed by atoms with Crippen LogP contribution < -0.4 is 9.47 Å². The van der Waals surface area contributed by atoms with Crippen LogP contribution in [0.2, 0.25) is 0 Å². The van der Waals surface area contributed by atoms with Crippen molar-refractivity contribution in [3.05, 3.63) is 23.8 Å². The van der Waals surface area contributed by atoms with Crippen molar-refractivity contribution in [1.82, 2.24) is 0 Å². The summed E-state index contributed by atoms with van der Waals surface area (Å²) in [5.74, 6) is 1.30. The molecule has 4 heteroatoms. The molecular weight excluding hydrogens is 232 g/mol. The Morgan fingerprint density at radius 2 is 2.17 bits per heavy atom. The molecule has 0 saturated heterocycles. The van der Waals surface area contributed by atoms with E-state index in [0.29, 0.717) is 12.2 Å². The monoisotopic (exact) mass is 250 g/mol. The normalized spacial score (nSPS) is 14.3. The van der Waals surface area contributed by atoms with Gasteiger partial charge in [-0.05, 0) is 31.0 Å².